The number of methoxy groups -OCH3 is 1. The molecule has 2 aromatic heterocycles. The second-order valence-electron chi connectivity index (χ2n) is 3.96. The Labute approximate surface area is 98.7 Å². The van der Waals surface area contributed by atoms with E-state index in [9.17, 15) is 9.90 Å². The number of hydrogen-bond donors (Lipinski definition) is 1. The van der Waals surface area contributed by atoms with Gasteiger partial charge < -0.3 is 14.2 Å². The highest BCUT2D eigenvalue weighted by atomic mass is 16.5. The summed E-state index contributed by atoms with van der Waals surface area (Å²) in [5.41, 5.74) is 2.93. The van der Waals surface area contributed by atoms with Crippen LogP contribution in [0.5, 0.6) is 0 Å². The number of fused-ring (bicyclic) bond motifs is 1. The molecule has 0 aliphatic carbocycles. The van der Waals surface area contributed by atoms with E-state index in [-0.39, 0.29) is 6.42 Å². The molecule has 1 atom stereocenters. The van der Waals surface area contributed by atoms with Gasteiger partial charge in [-0.2, -0.15) is 0 Å². The number of hydrogen-bond acceptors (Lipinski definition) is 4. The van der Waals surface area contributed by atoms with Crippen molar-refractivity contribution < 1.29 is 14.6 Å². The monoisotopic (exact) mass is 234 g/mol. The second kappa shape index (κ2) is 4.55. The number of esters is 1. The summed E-state index contributed by atoms with van der Waals surface area (Å²) >= 11 is 0. The van der Waals surface area contributed by atoms with Gasteiger partial charge in [0.1, 0.15) is 0 Å². The van der Waals surface area contributed by atoms with E-state index in [0.717, 1.165) is 16.6 Å². The summed E-state index contributed by atoms with van der Waals surface area (Å²) < 4.78 is 6.35. The first kappa shape index (κ1) is 11.6. The number of aromatic nitrogens is 2. The van der Waals surface area contributed by atoms with Crippen LogP contribution < -0.4 is 0 Å². The van der Waals surface area contributed by atoms with E-state index in [0.29, 0.717) is 0 Å². The second-order valence-corrected chi connectivity index (χ2v) is 3.96. The summed E-state index contributed by atoms with van der Waals surface area (Å²) in [6.45, 7) is 1.96. The Bertz CT molecular complexity index is 548. The van der Waals surface area contributed by atoms with Gasteiger partial charge in [-0.15, -0.1) is 0 Å². The lowest BCUT2D eigenvalue weighted by Crippen LogP contribution is -2.24. The number of ether oxygens (including phenoxy) is 1. The van der Waals surface area contributed by atoms with Crippen molar-refractivity contribution in [3.8, 4) is 0 Å². The third-order valence-corrected chi connectivity index (χ3v) is 2.68. The van der Waals surface area contributed by atoms with E-state index in [1.807, 2.05) is 23.6 Å². The van der Waals surface area contributed by atoms with Gasteiger partial charge in [0.15, 0.2) is 6.10 Å². The van der Waals surface area contributed by atoms with Crippen LogP contribution in [-0.2, 0) is 16.0 Å². The van der Waals surface area contributed by atoms with Crippen molar-refractivity contribution >= 4 is 11.5 Å². The van der Waals surface area contributed by atoms with Crippen molar-refractivity contribution in [2.75, 3.05) is 7.11 Å². The summed E-state index contributed by atoms with van der Waals surface area (Å²) in [7, 11) is 1.26. The standard InChI is InChI=1S/C12H14N2O3/c1-8-3-9(4-11(15)12(16)17-2)6-14-7-13-5-10(8)14/h3,5-7,11,15H,4H2,1-2H3/t11-/m1/s1. The number of rotatable bonds is 3. The Morgan fingerprint density at radius 1 is 1.65 bits per heavy atom. The van der Waals surface area contributed by atoms with Crippen LogP contribution >= 0.6 is 0 Å². The van der Waals surface area contributed by atoms with Crippen molar-refractivity contribution in [3.05, 3.63) is 35.9 Å². The maximum Gasteiger partial charge on any atom is 0.335 e. The fraction of sp³-hybridized carbons (Fsp3) is 0.333. The largest absolute Gasteiger partial charge is 0.467 e. The quantitative estimate of drug-likeness (QED) is 0.795. The minimum absolute atomic E-state index is 0.238. The van der Waals surface area contributed by atoms with Gasteiger partial charge in [0.25, 0.3) is 0 Å². The lowest BCUT2D eigenvalue weighted by atomic mass is 10.1. The minimum atomic E-state index is -1.12. The van der Waals surface area contributed by atoms with Gasteiger partial charge >= 0.3 is 5.97 Å². The molecule has 0 fully saturated rings. The lowest BCUT2D eigenvalue weighted by Gasteiger charge is -2.09. The predicted octanol–water partition coefficient (Wildman–Crippen LogP) is 0.719. The van der Waals surface area contributed by atoms with Crippen LogP contribution in [0, 0.1) is 6.92 Å². The van der Waals surface area contributed by atoms with E-state index < -0.39 is 12.1 Å². The Morgan fingerprint density at radius 3 is 3.12 bits per heavy atom. The van der Waals surface area contributed by atoms with E-state index in [4.69, 9.17) is 0 Å². The third-order valence-electron chi connectivity index (χ3n) is 2.68. The number of aryl methyl sites for hydroxylation is 1. The molecule has 0 unspecified atom stereocenters. The molecule has 1 N–H and O–H groups in total. The molecule has 0 saturated carbocycles. The third kappa shape index (κ3) is 2.29. The molecular weight excluding hydrogens is 220 g/mol. The van der Waals surface area contributed by atoms with Crippen LogP contribution in [0.2, 0.25) is 0 Å². The molecule has 0 aliphatic heterocycles. The number of aliphatic hydroxyl groups is 1. The van der Waals surface area contributed by atoms with Gasteiger partial charge in [0, 0.05) is 12.6 Å². The van der Waals surface area contributed by atoms with E-state index in [1.165, 1.54) is 7.11 Å². The zero-order chi connectivity index (χ0) is 12.4. The Hall–Kier alpha value is -1.88. The maximum atomic E-state index is 11.1. The molecule has 2 rings (SSSR count). The van der Waals surface area contributed by atoms with Gasteiger partial charge in [0.05, 0.1) is 25.2 Å². The molecular formula is C12H14N2O3. The summed E-state index contributed by atoms with van der Waals surface area (Å²) in [6, 6.07) is 1.93. The average molecular weight is 234 g/mol. The first-order valence-corrected chi connectivity index (χ1v) is 5.29. The van der Waals surface area contributed by atoms with Gasteiger partial charge in [-0.25, -0.2) is 9.78 Å². The molecule has 0 radical (unpaired) electrons. The smallest absolute Gasteiger partial charge is 0.335 e. The first-order valence-electron chi connectivity index (χ1n) is 5.29. The molecule has 5 heteroatoms. The molecule has 0 spiro atoms. The Balaban J connectivity index is 2.27. The van der Waals surface area contributed by atoms with Gasteiger partial charge in [-0.3, -0.25) is 0 Å². The molecule has 2 heterocycles. The van der Waals surface area contributed by atoms with Gasteiger partial charge in [-0.1, -0.05) is 6.07 Å². The van der Waals surface area contributed by atoms with Crippen molar-refractivity contribution in [2.45, 2.75) is 19.4 Å². The predicted molar refractivity (Wildman–Crippen MR) is 61.7 cm³/mol. The zero-order valence-corrected chi connectivity index (χ0v) is 9.75. The fourth-order valence-corrected chi connectivity index (χ4v) is 1.84. The molecule has 2 aromatic rings. The summed E-state index contributed by atoms with van der Waals surface area (Å²) in [5.74, 6) is -0.617. The van der Waals surface area contributed by atoms with Gasteiger partial charge in [-0.05, 0) is 18.1 Å². The Morgan fingerprint density at radius 2 is 2.41 bits per heavy atom. The SMILES string of the molecule is COC(=O)[C@H](O)Cc1cc(C)c2cncn2c1. The van der Waals surface area contributed by atoms with E-state index in [1.54, 1.807) is 12.5 Å². The van der Waals surface area contributed by atoms with Crippen LogP contribution in [0.1, 0.15) is 11.1 Å². The molecule has 17 heavy (non-hydrogen) atoms. The number of carbonyl (C=O) groups is 1. The highest BCUT2D eigenvalue weighted by molar-refractivity contribution is 5.74. The molecule has 90 valence electrons. The van der Waals surface area contributed by atoms with Crippen LogP contribution in [0.4, 0.5) is 0 Å². The number of imidazole rings is 1. The molecule has 0 aliphatic rings. The maximum absolute atomic E-state index is 11.1. The van der Waals surface area contributed by atoms with Gasteiger partial charge in [0.2, 0.25) is 0 Å². The number of nitrogens with zero attached hydrogens (tertiary/aromatic N) is 2. The van der Waals surface area contributed by atoms with Crippen LogP contribution in [0.25, 0.3) is 5.52 Å². The van der Waals surface area contributed by atoms with Crippen molar-refractivity contribution in [1.82, 2.24) is 9.38 Å². The summed E-state index contributed by atoms with van der Waals surface area (Å²) in [5, 5.41) is 9.59. The molecule has 0 amide bonds. The van der Waals surface area contributed by atoms with Crippen molar-refractivity contribution in [3.63, 3.8) is 0 Å². The zero-order valence-electron chi connectivity index (χ0n) is 9.75. The number of pyridine rings is 1. The Kier molecular flexibility index (Phi) is 3.10. The fourth-order valence-electron chi connectivity index (χ4n) is 1.84. The highest BCUT2D eigenvalue weighted by Crippen LogP contribution is 2.13. The number of aliphatic hydroxyl groups excluding tert-OH is 1. The molecule has 5 nitrogen and oxygen atoms in total. The van der Waals surface area contributed by atoms with Crippen LogP contribution in [0.3, 0.4) is 0 Å². The summed E-state index contributed by atoms with van der Waals surface area (Å²) in [4.78, 5) is 15.2. The molecule has 0 bridgehead atoms. The van der Waals surface area contributed by atoms with E-state index in [2.05, 4.69) is 9.72 Å². The van der Waals surface area contributed by atoms with Crippen molar-refractivity contribution in [2.24, 2.45) is 0 Å². The minimum Gasteiger partial charge on any atom is -0.467 e. The summed E-state index contributed by atoms with van der Waals surface area (Å²) in [6.07, 6.45) is 4.43. The number of carbonyl (C=O) groups excluding carboxylic acids is 1. The first-order chi connectivity index (χ1) is 8.11. The highest BCUT2D eigenvalue weighted by Gasteiger charge is 2.16. The van der Waals surface area contributed by atoms with Crippen LogP contribution in [-0.4, -0.2) is 33.7 Å². The molecule has 0 saturated heterocycles. The molecule has 0 aromatic carbocycles. The van der Waals surface area contributed by atoms with Crippen LogP contribution in [0.15, 0.2) is 24.8 Å². The van der Waals surface area contributed by atoms with E-state index >= 15 is 0 Å². The lowest BCUT2D eigenvalue weighted by molar-refractivity contribution is -0.150. The van der Waals surface area contributed by atoms with Crippen molar-refractivity contribution in [1.29, 1.82) is 0 Å². The normalized spacial score (nSPS) is 12.6. The topological polar surface area (TPSA) is 63.8 Å². The average Bonchev–Trinajstić information content (AvgIpc) is 2.76.